The van der Waals surface area contributed by atoms with Crippen LogP contribution in [0.2, 0.25) is 0 Å². The Hall–Kier alpha value is -3.08. The van der Waals surface area contributed by atoms with E-state index in [0.29, 0.717) is 29.0 Å². The predicted octanol–water partition coefficient (Wildman–Crippen LogP) is 4.16. The van der Waals surface area contributed by atoms with Crippen molar-refractivity contribution in [1.29, 1.82) is 5.41 Å². The SMILES string of the molecule is N=C(NO)c1ccc([S+]([O-])N2CCc3cc(-c4ccc(C(F)(F)F)nc4)ccc32)cc1. The zero-order valence-electron chi connectivity index (χ0n) is 16.0. The zero-order chi connectivity index (χ0) is 22.2. The van der Waals surface area contributed by atoms with Crippen molar-refractivity contribution in [2.45, 2.75) is 17.5 Å². The van der Waals surface area contributed by atoms with Crippen molar-refractivity contribution >= 4 is 22.9 Å². The van der Waals surface area contributed by atoms with Crippen molar-refractivity contribution in [2.24, 2.45) is 0 Å². The van der Waals surface area contributed by atoms with Crippen molar-refractivity contribution in [3.05, 3.63) is 77.6 Å². The van der Waals surface area contributed by atoms with Crippen molar-refractivity contribution in [3.63, 3.8) is 0 Å². The first-order valence-corrected chi connectivity index (χ1v) is 10.3. The van der Waals surface area contributed by atoms with E-state index >= 15 is 0 Å². The third kappa shape index (κ3) is 4.22. The van der Waals surface area contributed by atoms with Crippen molar-refractivity contribution in [1.82, 2.24) is 10.5 Å². The number of anilines is 1. The van der Waals surface area contributed by atoms with Gasteiger partial charge in [0.15, 0.2) is 4.90 Å². The maximum Gasteiger partial charge on any atom is 0.433 e. The fraction of sp³-hybridized carbons (Fsp3) is 0.143. The van der Waals surface area contributed by atoms with Gasteiger partial charge in [0, 0.05) is 17.3 Å². The molecule has 3 aromatic rings. The van der Waals surface area contributed by atoms with Crippen LogP contribution in [-0.2, 0) is 24.0 Å². The highest BCUT2D eigenvalue weighted by Gasteiger charge is 2.33. The van der Waals surface area contributed by atoms with E-state index in [0.717, 1.165) is 22.9 Å². The van der Waals surface area contributed by atoms with E-state index in [1.54, 1.807) is 40.1 Å². The van der Waals surface area contributed by atoms with Crippen molar-refractivity contribution < 1.29 is 22.9 Å². The number of rotatable bonds is 4. The van der Waals surface area contributed by atoms with Crippen LogP contribution in [0.1, 0.15) is 16.8 Å². The number of benzene rings is 2. The largest absolute Gasteiger partial charge is 0.588 e. The van der Waals surface area contributed by atoms with Crippen LogP contribution in [0.4, 0.5) is 18.9 Å². The highest BCUT2D eigenvalue weighted by atomic mass is 32.2. The summed E-state index contributed by atoms with van der Waals surface area (Å²) in [4.78, 5) is 4.06. The van der Waals surface area contributed by atoms with Crippen LogP contribution in [0.15, 0.2) is 65.7 Å². The van der Waals surface area contributed by atoms with Gasteiger partial charge >= 0.3 is 6.18 Å². The molecule has 1 atom stereocenters. The Kier molecular flexibility index (Phi) is 5.61. The molecule has 0 amide bonds. The second-order valence-corrected chi connectivity index (χ2v) is 8.30. The normalized spacial score (nSPS) is 14.3. The number of nitrogens with zero attached hydrogens (tertiary/aromatic N) is 2. The molecule has 3 N–H and O–H groups in total. The Labute approximate surface area is 179 Å². The number of aromatic nitrogens is 1. The highest BCUT2D eigenvalue weighted by molar-refractivity contribution is 7.92. The molecule has 1 aromatic heterocycles. The third-order valence-corrected chi connectivity index (χ3v) is 6.43. The van der Waals surface area contributed by atoms with Crippen molar-refractivity contribution in [3.8, 4) is 11.1 Å². The quantitative estimate of drug-likeness (QED) is 0.242. The minimum atomic E-state index is -4.48. The first-order valence-electron chi connectivity index (χ1n) is 9.23. The maximum atomic E-state index is 13.0. The molecule has 0 aliphatic carbocycles. The molecule has 2 aromatic carbocycles. The van der Waals surface area contributed by atoms with E-state index < -0.39 is 23.2 Å². The van der Waals surface area contributed by atoms with E-state index in [-0.39, 0.29) is 5.84 Å². The van der Waals surface area contributed by atoms with Gasteiger partial charge in [0.2, 0.25) is 0 Å². The topological polar surface area (TPSA) is 95.3 Å². The summed E-state index contributed by atoms with van der Waals surface area (Å²) in [5.41, 5.74) is 4.36. The molecule has 160 valence electrons. The maximum absolute atomic E-state index is 13.0. The molecule has 31 heavy (non-hydrogen) atoms. The molecule has 0 radical (unpaired) electrons. The fourth-order valence-electron chi connectivity index (χ4n) is 3.39. The van der Waals surface area contributed by atoms with E-state index in [1.807, 2.05) is 12.1 Å². The Bertz CT molecular complexity index is 1110. The lowest BCUT2D eigenvalue weighted by Gasteiger charge is -2.22. The number of hydrogen-bond donors (Lipinski definition) is 3. The number of amidine groups is 1. The molecule has 0 saturated carbocycles. The molecule has 1 unspecified atom stereocenters. The molecule has 4 rings (SSSR count). The Morgan fingerprint density at radius 2 is 1.81 bits per heavy atom. The van der Waals surface area contributed by atoms with Crippen LogP contribution in [0, 0.1) is 5.41 Å². The summed E-state index contributed by atoms with van der Waals surface area (Å²) in [5, 5.41) is 16.4. The third-order valence-electron chi connectivity index (χ3n) is 4.98. The smallest absolute Gasteiger partial charge is 0.433 e. The summed E-state index contributed by atoms with van der Waals surface area (Å²) < 4.78 is 53.0. The molecule has 6 nitrogen and oxygen atoms in total. The van der Waals surface area contributed by atoms with Gasteiger partial charge in [-0.15, -0.1) is 0 Å². The number of hydrogen-bond acceptors (Lipinski definition) is 5. The molecular formula is C21H17F3N4O2S. The van der Waals surface area contributed by atoms with Gasteiger partial charge in [-0.05, 0) is 60.0 Å². The lowest BCUT2D eigenvalue weighted by molar-refractivity contribution is -0.141. The number of halogens is 3. The van der Waals surface area contributed by atoms with Crippen LogP contribution in [-0.4, -0.2) is 27.1 Å². The second kappa shape index (κ2) is 8.22. The van der Waals surface area contributed by atoms with Crippen LogP contribution in [0.5, 0.6) is 0 Å². The number of fused-ring (bicyclic) bond motifs is 1. The summed E-state index contributed by atoms with van der Waals surface area (Å²) in [6.45, 7) is 0.534. The number of nitrogens with one attached hydrogen (secondary N) is 2. The van der Waals surface area contributed by atoms with Gasteiger partial charge in [0.25, 0.3) is 0 Å². The molecule has 0 bridgehead atoms. The molecule has 0 saturated heterocycles. The van der Waals surface area contributed by atoms with E-state index in [1.165, 1.54) is 12.3 Å². The van der Waals surface area contributed by atoms with E-state index in [2.05, 4.69) is 4.98 Å². The summed E-state index contributed by atoms with van der Waals surface area (Å²) in [6.07, 6.45) is -2.62. The summed E-state index contributed by atoms with van der Waals surface area (Å²) in [5.74, 6) is -0.158. The van der Waals surface area contributed by atoms with E-state index in [4.69, 9.17) is 10.6 Å². The molecule has 1 aliphatic heterocycles. The van der Waals surface area contributed by atoms with Gasteiger partial charge in [-0.2, -0.15) is 17.5 Å². The standard InChI is InChI=1S/C21H17F3N4O2S/c22-21(23,24)19-8-4-16(12-26-19)14-3-7-18-15(11-14)9-10-28(18)31(30)17-5-1-13(2-6-17)20(25)27-29/h1-8,11-12,29H,9-10H2,(H2,25,27). The Balaban J connectivity index is 1.55. The lowest BCUT2D eigenvalue weighted by Crippen LogP contribution is -2.29. The molecule has 10 heteroatoms. The number of alkyl halides is 3. The van der Waals surface area contributed by atoms with Gasteiger partial charge < -0.3 is 4.55 Å². The van der Waals surface area contributed by atoms with Crippen molar-refractivity contribution in [2.75, 3.05) is 10.8 Å². The summed E-state index contributed by atoms with van der Waals surface area (Å²) in [7, 11) is 0. The van der Waals surface area contributed by atoms with Crippen LogP contribution in [0.25, 0.3) is 11.1 Å². The minimum Gasteiger partial charge on any atom is -0.588 e. The predicted molar refractivity (Wildman–Crippen MR) is 110 cm³/mol. The van der Waals surface area contributed by atoms with Crippen LogP contribution in [0.3, 0.4) is 0 Å². The first kappa shape index (κ1) is 21.2. The second-order valence-electron chi connectivity index (χ2n) is 6.89. The first-order chi connectivity index (χ1) is 14.8. The molecule has 1 aliphatic rings. The van der Waals surface area contributed by atoms with Crippen LogP contribution < -0.4 is 9.79 Å². The van der Waals surface area contributed by atoms with Gasteiger partial charge in [0.05, 0.1) is 12.2 Å². The van der Waals surface area contributed by atoms with Gasteiger partial charge in [-0.1, -0.05) is 12.1 Å². The Morgan fingerprint density at radius 1 is 1.10 bits per heavy atom. The summed E-state index contributed by atoms with van der Waals surface area (Å²) in [6, 6.07) is 14.3. The number of hydroxylamine groups is 1. The van der Waals surface area contributed by atoms with Gasteiger partial charge in [-0.3, -0.25) is 21.1 Å². The monoisotopic (exact) mass is 446 g/mol. The highest BCUT2D eigenvalue weighted by Crippen LogP contribution is 2.36. The lowest BCUT2D eigenvalue weighted by atomic mass is 10.0. The van der Waals surface area contributed by atoms with Gasteiger partial charge in [0.1, 0.15) is 22.9 Å². The average Bonchev–Trinajstić information content (AvgIpc) is 3.21. The molecular weight excluding hydrogens is 429 g/mol. The minimum absolute atomic E-state index is 0.158. The fourth-order valence-corrected chi connectivity index (χ4v) is 4.62. The summed E-state index contributed by atoms with van der Waals surface area (Å²) >= 11 is -1.47. The van der Waals surface area contributed by atoms with Gasteiger partial charge in [-0.25, -0.2) is 0 Å². The zero-order valence-corrected chi connectivity index (χ0v) is 16.8. The molecule has 0 spiro atoms. The average molecular weight is 446 g/mol. The van der Waals surface area contributed by atoms with Crippen LogP contribution >= 0.6 is 0 Å². The number of pyridine rings is 1. The molecule has 0 fully saturated rings. The Morgan fingerprint density at radius 3 is 2.42 bits per heavy atom. The van der Waals surface area contributed by atoms with E-state index in [9.17, 15) is 17.7 Å². The molecule has 2 heterocycles.